The van der Waals surface area contributed by atoms with Gasteiger partial charge < -0.3 is 10.1 Å². The van der Waals surface area contributed by atoms with Crippen LogP contribution in [0.2, 0.25) is 5.02 Å². The number of hydrogen-bond acceptors (Lipinski definition) is 4. The minimum atomic E-state index is -4.48. The number of aryl methyl sites for hydroxylation is 2. The van der Waals surface area contributed by atoms with Crippen molar-refractivity contribution in [2.75, 3.05) is 12.4 Å². The van der Waals surface area contributed by atoms with Crippen molar-refractivity contribution in [1.82, 2.24) is 4.72 Å². The van der Waals surface area contributed by atoms with E-state index in [0.29, 0.717) is 41.3 Å². The average molecular weight is 483 g/mol. The van der Waals surface area contributed by atoms with Gasteiger partial charge in [0.25, 0.3) is 0 Å². The third kappa shape index (κ3) is 4.55. The molecule has 0 aliphatic carbocycles. The van der Waals surface area contributed by atoms with E-state index in [-0.39, 0.29) is 9.92 Å². The van der Waals surface area contributed by atoms with Gasteiger partial charge >= 0.3 is 6.18 Å². The monoisotopic (exact) mass is 482 g/mol. The number of rotatable bonds is 5. The molecule has 1 heterocycles. The number of fused-ring (bicyclic) bond motifs is 2. The van der Waals surface area contributed by atoms with E-state index in [1.165, 1.54) is 31.3 Å². The minimum absolute atomic E-state index is 0.0934. The normalized spacial score (nSPS) is 13.0. The van der Waals surface area contributed by atoms with E-state index in [1.54, 1.807) is 12.1 Å². The van der Waals surface area contributed by atoms with Gasteiger partial charge in [-0.1, -0.05) is 23.7 Å². The number of halogens is 4. The summed E-state index contributed by atoms with van der Waals surface area (Å²) in [6.45, 7) is 0. The molecule has 0 saturated carbocycles. The lowest BCUT2D eigenvalue weighted by Crippen LogP contribution is -2.18. The molecule has 0 radical (unpaired) electrons. The van der Waals surface area contributed by atoms with Crippen molar-refractivity contribution in [2.24, 2.45) is 0 Å². The van der Waals surface area contributed by atoms with Crippen LogP contribution < -0.4 is 14.8 Å². The van der Waals surface area contributed by atoms with Gasteiger partial charge in [-0.3, -0.25) is 0 Å². The fraction of sp³-hybridized carbons (Fsp3) is 0.182. The molecule has 0 fully saturated rings. The Morgan fingerprint density at radius 2 is 1.62 bits per heavy atom. The average Bonchev–Trinajstić information content (AvgIpc) is 2.74. The summed E-state index contributed by atoms with van der Waals surface area (Å²) in [6, 6.07) is 13.8. The number of anilines is 2. The summed E-state index contributed by atoms with van der Waals surface area (Å²) in [5, 5.41) is 2.91. The summed E-state index contributed by atoms with van der Waals surface area (Å²) < 4.78 is 70.7. The molecule has 3 aromatic carbocycles. The molecular formula is C22H18ClF3N2O3S. The minimum Gasteiger partial charge on any atom is -0.453 e. The van der Waals surface area contributed by atoms with Gasteiger partial charge in [0, 0.05) is 6.07 Å². The Labute approximate surface area is 188 Å². The Kier molecular flexibility index (Phi) is 5.83. The molecule has 0 amide bonds. The predicted molar refractivity (Wildman–Crippen MR) is 116 cm³/mol. The molecule has 0 spiro atoms. The van der Waals surface area contributed by atoms with Crippen LogP contribution in [-0.2, 0) is 29.0 Å². The zero-order valence-electron chi connectivity index (χ0n) is 16.8. The van der Waals surface area contributed by atoms with Gasteiger partial charge in [-0.05, 0) is 67.4 Å². The number of alkyl halides is 3. The second-order valence-corrected chi connectivity index (χ2v) is 9.53. The SMILES string of the molecule is CNS(=O)(=O)c1ccc2c(c1)Oc1ccc(CCc3ccc(C(F)(F)F)c(Cl)c3)cc1N2. The summed E-state index contributed by atoms with van der Waals surface area (Å²) in [5.74, 6) is 0.929. The van der Waals surface area contributed by atoms with Crippen LogP contribution in [0, 0.1) is 0 Å². The van der Waals surface area contributed by atoms with E-state index < -0.39 is 21.8 Å². The second kappa shape index (κ2) is 8.31. The molecule has 2 N–H and O–H groups in total. The van der Waals surface area contributed by atoms with Crippen molar-refractivity contribution < 1.29 is 26.3 Å². The van der Waals surface area contributed by atoms with Crippen LogP contribution in [0.3, 0.4) is 0 Å². The maximum Gasteiger partial charge on any atom is 0.417 e. The predicted octanol–water partition coefficient (Wildman–Crippen LogP) is 5.90. The summed E-state index contributed by atoms with van der Waals surface area (Å²) in [5.41, 5.74) is 2.15. The van der Waals surface area contributed by atoms with Crippen LogP contribution in [0.1, 0.15) is 16.7 Å². The van der Waals surface area contributed by atoms with Crippen LogP contribution in [0.25, 0.3) is 0 Å². The van der Waals surface area contributed by atoms with Crippen LogP contribution in [0.5, 0.6) is 11.5 Å². The highest BCUT2D eigenvalue weighted by atomic mass is 35.5. The zero-order valence-corrected chi connectivity index (χ0v) is 18.3. The van der Waals surface area contributed by atoms with E-state index >= 15 is 0 Å². The topological polar surface area (TPSA) is 67.4 Å². The Balaban J connectivity index is 1.49. The highest BCUT2D eigenvalue weighted by Crippen LogP contribution is 2.43. The molecule has 0 unspecified atom stereocenters. The zero-order chi connectivity index (χ0) is 23.1. The molecule has 0 saturated heterocycles. The first-order valence-electron chi connectivity index (χ1n) is 9.58. The van der Waals surface area contributed by atoms with Crippen LogP contribution >= 0.6 is 11.6 Å². The van der Waals surface area contributed by atoms with Gasteiger partial charge in [-0.25, -0.2) is 13.1 Å². The third-order valence-corrected chi connectivity index (χ3v) is 6.83. The highest BCUT2D eigenvalue weighted by molar-refractivity contribution is 7.89. The number of hydrogen-bond donors (Lipinski definition) is 2. The Hall–Kier alpha value is -2.75. The molecule has 0 atom stereocenters. The van der Waals surface area contributed by atoms with E-state index in [0.717, 1.165) is 11.6 Å². The molecule has 32 heavy (non-hydrogen) atoms. The molecule has 1 aliphatic heterocycles. The van der Waals surface area contributed by atoms with Crippen LogP contribution in [0.4, 0.5) is 24.5 Å². The Morgan fingerprint density at radius 1 is 0.938 bits per heavy atom. The summed E-state index contributed by atoms with van der Waals surface area (Å²) in [6.07, 6.45) is -3.38. The molecular weight excluding hydrogens is 465 g/mol. The number of sulfonamides is 1. The fourth-order valence-corrected chi connectivity index (χ4v) is 4.45. The maximum absolute atomic E-state index is 12.9. The summed E-state index contributed by atoms with van der Waals surface area (Å²) in [4.78, 5) is 0.0934. The largest absolute Gasteiger partial charge is 0.453 e. The van der Waals surface area contributed by atoms with Crippen molar-refractivity contribution in [3.05, 3.63) is 76.3 Å². The smallest absolute Gasteiger partial charge is 0.417 e. The van der Waals surface area contributed by atoms with Crippen LogP contribution in [-0.4, -0.2) is 15.5 Å². The third-order valence-electron chi connectivity index (χ3n) is 5.11. The van der Waals surface area contributed by atoms with Crippen molar-refractivity contribution in [2.45, 2.75) is 23.9 Å². The first kappa shape index (κ1) is 22.4. The molecule has 10 heteroatoms. The van der Waals surface area contributed by atoms with Gasteiger partial charge in [-0.2, -0.15) is 13.2 Å². The number of ether oxygens (including phenoxy) is 1. The quantitative estimate of drug-likeness (QED) is 0.371. The molecule has 168 valence electrons. The van der Waals surface area contributed by atoms with Gasteiger partial charge in [0.1, 0.15) is 0 Å². The first-order valence-corrected chi connectivity index (χ1v) is 11.4. The van der Waals surface area contributed by atoms with E-state index in [4.69, 9.17) is 16.3 Å². The summed E-state index contributed by atoms with van der Waals surface area (Å²) >= 11 is 5.80. The van der Waals surface area contributed by atoms with E-state index in [9.17, 15) is 21.6 Å². The molecule has 0 bridgehead atoms. The molecule has 3 aromatic rings. The molecule has 4 rings (SSSR count). The van der Waals surface area contributed by atoms with Crippen LogP contribution in [0.15, 0.2) is 59.5 Å². The first-order chi connectivity index (χ1) is 15.1. The molecule has 0 aromatic heterocycles. The fourth-order valence-electron chi connectivity index (χ4n) is 3.39. The number of nitrogens with one attached hydrogen (secondary N) is 2. The van der Waals surface area contributed by atoms with Crippen molar-refractivity contribution >= 4 is 33.0 Å². The molecule has 1 aliphatic rings. The van der Waals surface area contributed by atoms with Gasteiger partial charge in [0.2, 0.25) is 10.0 Å². The lowest BCUT2D eigenvalue weighted by molar-refractivity contribution is -0.137. The Bertz CT molecular complexity index is 1290. The summed E-state index contributed by atoms with van der Waals surface area (Å²) in [7, 11) is -2.26. The van der Waals surface area contributed by atoms with E-state index in [2.05, 4.69) is 10.0 Å². The van der Waals surface area contributed by atoms with Gasteiger partial charge in [0.15, 0.2) is 11.5 Å². The second-order valence-electron chi connectivity index (χ2n) is 7.24. The lowest BCUT2D eigenvalue weighted by atomic mass is 10.0. The van der Waals surface area contributed by atoms with Gasteiger partial charge in [0.05, 0.1) is 26.9 Å². The Morgan fingerprint density at radius 3 is 2.28 bits per heavy atom. The van der Waals surface area contributed by atoms with E-state index in [1.807, 2.05) is 12.1 Å². The molecule has 5 nitrogen and oxygen atoms in total. The highest BCUT2D eigenvalue weighted by Gasteiger charge is 2.33. The van der Waals surface area contributed by atoms with Crippen molar-refractivity contribution in [1.29, 1.82) is 0 Å². The number of benzene rings is 3. The lowest BCUT2D eigenvalue weighted by Gasteiger charge is -2.23. The van der Waals surface area contributed by atoms with Gasteiger partial charge in [-0.15, -0.1) is 0 Å². The van der Waals surface area contributed by atoms with Crippen molar-refractivity contribution in [3.63, 3.8) is 0 Å². The standard InChI is InChI=1S/C22H18ClF3N2O3S/c1-27-32(29,30)15-6-8-18-21(12-15)31-20-9-5-14(11-19(20)28-18)3-2-13-4-7-16(17(23)10-13)22(24,25)26/h4-12,27-28H,2-3H2,1H3. The maximum atomic E-state index is 12.9. The van der Waals surface area contributed by atoms with Crippen molar-refractivity contribution in [3.8, 4) is 11.5 Å².